The minimum absolute atomic E-state index is 0.0605. The lowest BCUT2D eigenvalue weighted by molar-refractivity contribution is 0.281. The van der Waals surface area contributed by atoms with Crippen molar-refractivity contribution >= 4 is 19.6 Å². The van der Waals surface area contributed by atoms with Crippen LogP contribution in [0.1, 0.15) is 0 Å². The molecule has 0 unspecified atom stereocenters. The van der Waals surface area contributed by atoms with Crippen molar-refractivity contribution in [2.24, 2.45) is 0 Å². The van der Waals surface area contributed by atoms with Gasteiger partial charge in [-0.15, -0.1) is 11.8 Å². The third-order valence-corrected chi connectivity index (χ3v) is 5.41. The first-order chi connectivity index (χ1) is 14.3. The van der Waals surface area contributed by atoms with Crippen LogP contribution in [0.25, 0.3) is 22.4 Å². The van der Waals surface area contributed by atoms with E-state index >= 15 is 0 Å². The second-order valence-electron chi connectivity index (χ2n) is 5.94. The highest BCUT2D eigenvalue weighted by Gasteiger charge is 2.22. The lowest BCUT2D eigenvalue weighted by atomic mass is 10.0. The molecule has 11 heteroatoms. The number of methoxy groups -OCH3 is 3. The van der Waals surface area contributed by atoms with E-state index in [0.29, 0.717) is 44.5 Å². The number of rotatable bonds is 8. The van der Waals surface area contributed by atoms with Gasteiger partial charge in [-0.3, -0.25) is 9.79 Å². The van der Waals surface area contributed by atoms with Crippen molar-refractivity contribution in [2.45, 2.75) is 4.90 Å². The van der Waals surface area contributed by atoms with Crippen LogP contribution < -0.4 is 18.7 Å². The van der Waals surface area contributed by atoms with E-state index < -0.39 is 7.82 Å². The van der Waals surface area contributed by atoms with Crippen molar-refractivity contribution in [3.05, 3.63) is 36.6 Å². The van der Waals surface area contributed by atoms with Crippen molar-refractivity contribution in [3.63, 3.8) is 0 Å². The van der Waals surface area contributed by atoms with Crippen molar-refractivity contribution in [1.82, 2.24) is 5.16 Å². The van der Waals surface area contributed by atoms with Crippen LogP contribution in [0.15, 0.2) is 46.0 Å². The largest absolute Gasteiger partial charge is 0.524 e. The van der Waals surface area contributed by atoms with E-state index in [0.717, 1.165) is 0 Å². The summed E-state index contributed by atoms with van der Waals surface area (Å²) in [6.07, 6.45) is 3.22. The highest BCUT2D eigenvalue weighted by Crippen LogP contribution is 2.45. The zero-order chi connectivity index (χ0) is 21.9. The number of nitrogens with zero attached hydrogens (tertiary/aromatic N) is 1. The third kappa shape index (κ3) is 4.57. The third-order valence-electron chi connectivity index (χ3n) is 4.20. The molecule has 0 radical (unpaired) electrons. The molecule has 0 aliphatic carbocycles. The van der Waals surface area contributed by atoms with Crippen molar-refractivity contribution in [3.8, 4) is 45.4 Å². The number of aromatic nitrogens is 1. The van der Waals surface area contributed by atoms with Gasteiger partial charge in [-0.05, 0) is 36.1 Å². The molecule has 0 aliphatic rings. The summed E-state index contributed by atoms with van der Waals surface area (Å²) in [6.45, 7) is 0. The van der Waals surface area contributed by atoms with E-state index in [9.17, 15) is 14.4 Å². The van der Waals surface area contributed by atoms with Gasteiger partial charge < -0.3 is 23.3 Å². The number of phosphoric acid groups is 1. The molecule has 2 aromatic carbocycles. The molecule has 0 saturated carbocycles. The highest BCUT2D eigenvalue weighted by atomic mass is 32.2. The van der Waals surface area contributed by atoms with Gasteiger partial charge in [-0.1, -0.05) is 11.2 Å². The molecule has 1 aromatic heterocycles. The van der Waals surface area contributed by atoms with Gasteiger partial charge in [0.1, 0.15) is 17.7 Å². The number of hydrogen-bond donors (Lipinski definition) is 2. The summed E-state index contributed by atoms with van der Waals surface area (Å²) in [7, 11) is -0.190. The lowest BCUT2D eigenvalue weighted by Crippen LogP contribution is -1.96. The quantitative estimate of drug-likeness (QED) is 0.379. The van der Waals surface area contributed by atoms with Crippen molar-refractivity contribution in [1.29, 1.82) is 0 Å². The van der Waals surface area contributed by atoms with Gasteiger partial charge in [0.05, 0.1) is 21.3 Å². The molecule has 0 atom stereocenters. The molecule has 160 valence electrons. The summed E-state index contributed by atoms with van der Waals surface area (Å²) in [5.74, 6) is 1.40. The van der Waals surface area contributed by atoms with Gasteiger partial charge in [0.25, 0.3) is 0 Å². The van der Waals surface area contributed by atoms with Crippen LogP contribution in [0, 0.1) is 0 Å². The SMILES string of the molecule is COc1cc(-c2nocc2-c2ccc(SC)c(OP(=O)(O)O)c2)cc(OC)c1OC. The molecule has 2 N–H and O–H groups in total. The molecular weight excluding hydrogens is 433 g/mol. The maximum absolute atomic E-state index is 11.3. The second-order valence-corrected chi connectivity index (χ2v) is 7.95. The van der Waals surface area contributed by atoms with Gasteiger partial charge in [-0.25, -0.2) is 4.57 Å². The van der Waals surface area contributed by atoms with E-state index in [1.54, 1.807) is 30.5 Å². The molecule has 3 aromatic rings. The Labute approximate surface area is 177 Å². The Morgan fingerprint density at radius 3 is 2.13 bits per heavy atom. The minimum atomic E-state index is -4.72. The molecule has 0 amide bonds. The fraction of sp³-hybridized carbons (Fsp3) is 0.211. The number of ether oxygens (including phenoxy) is 3. The Bertz CT molecular complexity index is 1070. The molecule has 1 heterocycles. The molecule has 0 aliphatic heterocycles. The number of phosphoric ester groups is 1. The zero-order valence-electron chi connectivity index (χ0n) is 16.6. The van der Waals surface area contributed by atoms with E-state index in [1.807, 2.05) is 0 Å². The standard InChI is InChI=1S/C19H20NO8PS/c1-24-15-8-12(9-16(25-2)19(15)26-3)18-13(10-27-20-18)11-5-6-17(30-4)14(7-11)28-29(21,22)23/h5-10H,1-4H3,(H2,21,22,23). The predicted octanol–water partition coefficient (Wildman–Crippen LogP) is 4.23. The number of hydrogen-bond acceptors (Lipinski definition) is 8. The fourth-order valence-corrected chi connectivity index (χ4v) is 3.89. The first kappa shape index (κ1) is 22.0. The Kier molecular flexibility index (Phi) is 6.62. The van der Waals surface area contributed by atoms with E-state index in [1.165, 1.54) is 45.4 Å². The van der Waals surface area contributed by atoms with Gasteiger partial charge in [0.2, 0.25) is 5.75 Å². The van der Waals surface area contributed by atoms with Gasteiger partial charge in [0, 0.05) is 16.0 Å². The van der Waals surface area contributed by atoms with Gasteiger partial charge in [0.15, 0.2) is 11.5 Å². The first-order valence-electron chi connectivity index (χ1n) is 8.49. The highest BCUT2D eigenvalue weighted by molar-refractivity contribution is 7.98. The fourth-order valence-electron chi connectivity index (χ4n) is 2.91. The minimum Gasteiger partial charge on any atom is -0.493 e. The Morgan fingerprint density at radius 1 is 0.967 bits per heavy atom. The number of thioether (sulfide) groups is 1. The molecule has 9 nitrogen and oxygen atoms in total. The summed E-state index contributed by atoms with van der Waals surface area (Å²) in [6, 6.07) is 8.47. The van der Waals surface area contributed by atoms with Crippen molar-refractivity contribution in [2.75, 3.05) is 27.6 Å². The normalized spacial score (nSPS) is 11.3. The monoisotopic (exact) mass is 453 g/mol. The first-order valence-corrected chi connectivity index (χ1v) is 11.2. The Hall–Kier alpha value is -2.65. The molecule has 3 rings (SSSR count). The summed E-state index contributed by atoms with van der Waals surface area (Å²) >= 11 is 1.30. The summed E-state index contributed by atoms with van der Waals surface area (Å²) in [5.41, 5.74) is 2.31. The number of benzene rings is 2. The predicted molar refractivity (Wildman–Crippen MR) is 111 cm³/mol. The molecule has 0 saturated heterocycles. The second kappa shape index (κ2) is 9.01. The zero-order valence-corrected chi connectivity index (χ0v) is 18.3. The maximum atomic E-state index is 11.3. The van der Waals surface area contributed by atoms with Crippen LogP contribution in [0.4, 0.5) is 0 Å². The average Bonchev–Trinajstić information content (AvgIpc) is 3.21. The summed E-state index contributed by atoms with van der Waals surface area (Å²) in [5, 5.41) is 4.09. The maximum Gasteiger partial charge on any atom is 0.524 e. The average molecular weight is 453 g/mol. The smallest absolute Gasteiger partial charge is 0.493 e. The topological polar surface area (TPSA) is 120 Å². The molecule has 0 spiro atoms. The van der Waals surface area contributed by atoms with Gasteiger partial charge in [-0.2, -0.15) is 0 Å². The van der Waals surface area contributed by atoms with Crippen LogP contribution in [0.2, 0.25) is 0 Å². The summed E-state index contributed by atoms with van der Waals surface area (Å²) < 4.78 is 37.5. The van der Waals surface area contributed by atoms with Crippen LogP contribution in [0.5, 0.6) is 23.0 Å². The van der Waals surface area contributed by atoms with Crippen LogP contribution in [-0.2, 0) is 4.57 Å². The van der Waals surface area contributed by atoms with Gasteiger partial charge >= 0.3 is 7.82 Å². The Balaban J connectivity index is 2.13. The van der Waals surface area contributed by atoms with Crippen LogP contribution in [0.3, 0.4) is 0 Å². The van der Waals surface area contributed by atoms with E-state index in [4.69, 9.17) is 23.3 Å². The molecule has 0 fully saturated rings. The molecular formula is C19H20NO8PS. The Morgan fingerprint density at radius 2 is 1.60 bits per heavy atom. The van der Waals surface area contributed by atoms with Crippen LogP contribution in [-0.4, -0.2) is 42.5 Å². The summed E-state index contributed by atoms with van der Waals surface area (Å²) in [4.78, 5) is 19.0. The molecule has 0 bridgehead atoms. The van der Waals surface area contributed by atoms with E-state index in [2.05, 4.69) is 5.16 Å². The lowest BCUT2D eigenvalue weighted by Gasteiger charge is -2.14. The molecule has 30 heavy (non-hydrogen) atoms. The van der Waals surface area contributed by atoms with Crippen LogP contribution >= 0.6 is 19.6 Å². The van der Waals surface area contributed by atoms with Crippen molar-refractivity contribution < 1.29 is 37.6 Å². The van der Waals surface area contributed by atoms with E-state index in [-0.39, 0.29) is 5.75 Å².